The van der Waals surface area contributed by atoms with Gasteiger partial charge in [0.15, 0.2) is 5.69 Å². The molecule has 3 rings (SSSR count). The van der Waals surface area contributed by atoms with Gasteiger partial charge in [-0.25, -0.2) is 4.68 Å². The highest BCUT2D eigenvalue weighted by Crippen LogP contribution is 2.17. The largest absolute Gasteiger partial charge is 0.324 e. The first kappa shape index (κ1) is 19.3. The smallest absolute Gasteiger partial charge is 0.278 e. The molecule has 2 amide bonds. The number of anilines is 2. The summed E-state index contributed by atoms with van der Waals surface area (Å²) in [6.07, 6.45) is 0. The Morgan fingerprint density at radius 3 is 2.29 bits per heavy atom. The molecule has 7 heteroatoms. The van der Waals surface area contributed by atoms with Crippen molar-refractivity contribution < 1.29 is 9.59 Å². The zero-order chi connectivity index (χ0) is 20.3. The SMILES string of the molecule is Cc1ccc(NC(=O)Cn2nnc(C(=O)Nc3ccc(C)cc3C)c2C)cc1. The van der Waals surface area contributed by atoms with Crippen LogP contribution in [0.1, 0.15) is 32.9 Å². The minimum Gasteiger partial charge on any atom is -0.324 e. The van der Waals surface area contributed by atoms with Gasteiger partial charge < -0.3 is 10.6 Å². The van der Waals surface area contributed by atoms with E-state index in [4.69, 9.17) is 0 Å². The van der Waals surface area contributed by atoms with Crippen LogP contribution < -0.4 is 10.6 Å². The Hall–Kier alpha value is -3.48. The molecule has 2 N–H and O–H groups in total. The number of rotatable bonds is 5. The number of amides is 2. The fourth-order valence-electron chi connectivity index (χ4n) is 2.83. The lowest BCUT2D eigenvalue weighted by Crippen LogP contribution is -2.21. The number of benzene rings is 2. The second-order valence-electron chi connectivity index (χ2n) is 6.87. The maximum atomic E-state index is 12.6. The van der Waals surface area contributed by atoms with Gasteiger partial charge >= 0.3 is 0 Å². The third-order valence-electron chi connectivity index (χ3n) is 4.46. The second-order valence-corrected chi connectivity index (χ2v) is 6.87. The molecular weight excluding hydrogens is 354 g/mol. The van der Waals surface area contributed by atoms with Gasteiger partial charge in [0, 0.05) is 11.4 Å². The molecule has 0 saturated carbocycles. The quantitative estimate of drug-likeness (QED) is 0.713. The first-order valence-corrected chi connectivity index (χ1v) is 8.98. The van der Waals surface area contributed by atoms with E-state index < -0.39 is 0 Å². The number of hydrogen-bond acceptors (Lipinski definition) is 4. The first-order chi connectivity index (χ1) is 13.3. The molecule has 0 spiro atoms. The summed E-state index contributed by atoms with van der Waals surface area (Å²) >= 11 is 0. The number of carbonyl (C=O) groups excluding carboxylic acids is 2. The summed E-state index contributed by atoms with van der Waals surface area (Å²) in [5.74, 6) is -0.590. The van der Waals surface area contributed by atoms with Gasteiger partial charge in [-0.05, 0) is 51.5 Å². The normalized spacial score (nSPS) is 10.6. The van der Waals surface area contributed by atoms with E-state index in [2.05, 4.69) is 20.9 Å². The van der Waals surface area contributed by atoms with Gasteiger partial charge in [-0.3, -0.25) is 9.59 Å². The van der Waals surface area contributed by atoms with Crippen LogP contribution in [0.3, 0.4) is 0 Å². The van der Waals surface area contributed by atoms with Crippen LogP contribution in [0.25, 0.3) is 0 Å². The van der Waals surface area contributed by atoms with Crippen molar-refractivity contribution in [2.24, 2.45) is 0 Å². The lowest BCUT2D eigenvalue weighted by Gasteiger charge is -2.09. The molecule has 144 valence electrons. The van der Waals surface area contributed by atoms with E-state index in [1.54, 1.807) is 6.92 Å². The molecule has 28 heavy (non-hydrogen) atoms. The zero-order valence-corrected chi connectivity index (χ0v) is 16.4. The van der Waals surface area contributed by atoms with E-state index >= 15 is 0 Å². The Labute approximate surface area is 163 Å². The maximum Gasteiger partial charge on any atom is 0.278 e. The van der Waals surface area contributed by atoms with Crippen molar-refractivity contribution in [2.75, 3.05) is 10.6 Å². The number of aryl methyl sites for hydroxylation is 3. The Kier molecular flexibility index (Phi) is 5.54. The van der Waals surface area contributed by atoms with Crippen LogP contribution in [-0.2, 0) is 11.3 Å². The van der Waals surface area contributed by atoms with Crippen molar-refractivity contribution in [3.05, 3.63) is 70.5 Å². The number of hydrogen-bond donors (Lipinski definition) is 2. The fourth-order valence-corrected chi connectivity index (χ4v) is 2.83. The monoisotopic (exact) mass is 377 g/mol. The van der Waals surface area contributed by atoms with E-state index in [-0.39, 0.29) is 24.1 Å². The fraction of sp³-hybridized carbons (Fsp3) is 0.238. The molecule has 2 aromatic carbocycles. The lowest BCUT2D eigenvalue weighted by molar-refractivity contribution is -0.117. The molecule has 0 fully saturated rings. The highest BCUT2D eigenvalue weighted by molar-refractivity contribution is 6.04. The van der Waals surface area contributed by atoms with Crippen LogP contribution in [-0.4, -0.2) is 26.8 Å². The van der Waals surface area contributed by atoms with E-state index in [0.29, 0.717) is 11.4 Å². The van der Waals surface area contributed by atoms with Crippen LogP contribution in [0.15, 0.2) is 42.5 Å². The second kappa shape index (κ2) is 8.04. The van der Waals surface area contributed by atoms with Crippen molar-refractivity contribution in [3.63, 3.8) is 0 Å². The summed E-state index contributed by atoms with van der Waals surface area (Å²) in [4.78, 5) is 24.8. The van der Waals surface area contributed by atoms with Crippen molar-refractivity contribution in [3.8, 4) is 0 Å². The number of nitrogens with one attached hydrogen (secondary N) is 2. The molecular formula is C21H23N5O2. The Bertz CT molecular complexity index is 1020. The highest BCUT2D eigenvalue weighted by Gasteiger charge is 2.18. The van der Waals surface area contributed by atoms with Crippen molar-refractivity contribution >= 4 is 23.2 Å². The Balaban J connectivity index is 1.68. The van der Waals surface area contributed by atoms with E-state index in [1.807, 2.05) is 63.2 Å². The lowest BCUT2D eigenvalue weighted by atomic mass is 10.1. The predicted octanol–water partition coefficient (Wildman–Crippen LogP) is 3.40. The van der Waals surface area contributed by atoms with Crippen molar-refractivity contribution in [1.29, 1.82) is 0 Å². The number of carbonyl (C=O) groups is 2. The van der Waals surface area contributed by atoms with Crippen LogP contribution in [0.5, 0.6) is 0 Å². The number of aromatic nitrogens is 3. The van der Waals surface area contributed by atoms with Gasteiger partial charge in [-0.1, -0.05) is 40.6 Å². The Morgan fingerprint density at radius 1 is 0.929 bits per heavy atom. The molecule has 0 aliphatic rings. The topological polar surface area (TPSA) is 88.9 Å². The summed E-state index contributed by atoms with van der Waals surface area (Å²) in [5.41, 5.74) is 5.37. The molecule has 1 aromatic heterocycles. The molecule has 7 nitrogen and oxygen atoms in total. The molecule has 0 saturated heterocycles. The average Bonchev–Trinajstić information content (AvgIpc) is 3.00. The van der Waals surface area contributed by atoms with Gasteiger partial charge in [0.05, 0.1) is 5.69 Å². The summed E-state index contributed by atoms with van der Waals surface area (Å²) in [6.45, 7) is 7.60. The van der Waals surface area contributed by atoms with E-state index in [1.165, 1.54) is 4.68 Å². The van der Waals surface area contributed by atoms with Gasteiger partial charge in [0.2, 0.25) is 5.91 Å². The maximum absolute atomic E-state index is 12.6. The summed E-state index contributed by atoms with van der Waals surface area (Å²) in [5, 5.41) is 13.6. The molecule has 0 aliphatic carbocycles. The predicted molar refractivity (Wildman–Crippen MR) is 108 cm³/mol. The minimum absolute atomic E-state index is 0.0243. The molecule has 0 atom stereocenters. The molecule has 1 heterocycles. The first-order valence-electron chi connectivity index (χ1n) is 8.98. The summed E-state index contributed by atoms with van der Waals surface area (Å²) in [7, 11) is 0. The van der Waals surface area contributed by atoms with Gasteiger partial charge in [-0.15, -0.1) is 5.10 Å². The molecule has 0 bridgehead atoms. The van der Waals surface area contributed by atoms with Crippen LogP contribution in [0.4, 0.5) is 11.4 Å². The highest BCUT2D eigenvalue weighted by atomic mass is 16.2. The van der Waals surface area contributed by atoms with Gasteiger partial charge in [0.25, 0.3) is 5.91 Å². The van der Waals surface area contributed by atoms with E-state index in [9.17, 15) is 9.59 Å². The molecule has 0 unspecified atom stereocenters. The summed E-state index contributed by atoms with van der Waals surface area (Å²) in [6, 6.07) is 13.3. The standard InChI is InChI=1S/C21H23N5O2/c1-13-5-8-17(9-6-13)22-19(27)12-26-16(4)20(24-25-26)21(28)23-18-10-7-14(2)11-15(18)3/h5-11H,12H2,1-4H3,(H,22,27)(H,23,28). The van der Waals surface area contributed by atoms with Crippen molar-refractivity contribution in [1.82, 2.24) is 15.0 Å². The summed E-state index contributed by atoms with van der Waals surface area (Å²) < 4.78 is 1.42. The molecule has 3 aromatic rings. The average molecular weight is 377 g/mol. The van der Waals surface area contributed by atoms with Crippen LogP contribution >= 0.6 is 0 Å². The third kappa shape index (κ3) is 4.43. The third-order valence-corrected chi connectivity index (χ3v) is 4.46. The zero-order valence-electron chi connectivity index (χ0n) is 16.4. The molecule has 0 radical (unpaired) electrons. The van der Waals surface area contributed by atoms with Crippen LogP contribution in [0.2, 0.25) is 0 Å². The Morgan fingerprint density at radius 2 is 1.61 bits per heavy atom. The molecule has 0 aliphatic heterocycles. The van der Waals surface area contributed by atoms with Gasteiger partial charge in [0.1, 0.15) is 6.54 Å². The van der Waals surface area contributed by atoms with E-state index in [0.717, 1.165) is 22.4 Å². The number of nitrogens with zero attached hydrogens (tertiary/aromatic N) is 3. The van der Waals surface area contributed by atoms with Crippen LogP contribution in [0, 0.1) is 27.7 Å². The minimum atomic E-state index is -0.352. The van der Waals surface area contributed by atoms with Gasteiger partial charge in [-0.2, -0.15) is 0 Å². The van der Waals surface area contributed by atoms with Crippen molar-refractivity contribution in [2.45, 2.75) is 34.2 Å².